The van der Waals surface area contributed by atoms with Gasteiger partial charge in [-0.25, -0.2) is 16.8 Å². The second-order valence-corrected chi connectivity index (χ2v) is 11.3. The molecule has 1 aliphatic rings. The summed E-state index contributed by atoms with van der Waals surface area (Å²) in [4.78, 5) is 0.211. The largest absolute Gasteiger partial charge is 0.243 e. The van der Waals surface area contributed by atoms with Crippen molar-refractivity contribution in [2.45, 2.75) is 36.1 Å². The summed E-state index contributed by atoms with van der Waals surface area (Å²) in [5.74, 6) is 0.329. The Kier molecular flexibility index (Phi) is 6.24. The minimum Gasteiger partial charge on any atom is -0.207 e. The zero-order valence-corrected chi connectivity index (χ0v) is 17.8. The lowest BCUT2D eigenvalue weighted by Crippen LogP contribution is -2.39. The van der Waals surface area contributed by atoms with Crippen LogP contribution in [0.25, 0.3) is 0 Å². The summed E-state index contributed by atoms with van der Waals surface area (Å²) in [6.07, 6.45) is 1.87. The van der Waals surface area contributed by atoms with E-state index in [0.29, 0.717) is 19.0 Å². The number of nitrogens with zero attached hydrogens (tertiary/aromatic N) is 2. The number of benzene rings is 2. The van der Waals surface area contributed by atoms with Gasteiger partial charge in [-0.1, -0.05) is 37.3 Å². The normalized spacial score (nSPS) is 19.0. The van der Waals surface area contributed by atoms with Crippen molar-refractivity contribution in [3.8, 4) is 0 Å². The van der Waals surface area contributed by atoms with E-state index in [-0.39, 0.29) is 16.3 Å². The van der Waals surface area contributed by atoms with Gasteiger partial charge in [-0.2, -0.15) is 8.61 Å². The van der Waals surface area contributed by atoms with Crippen molar-refractivity contribution >= 4 is 20.0 Å². The van der Waals surface area contributed by atoms with Crippen LogP contribution in [0.5, 0.6) is 0 Å². The third kappa shape index (κ3) is 4.46. The van der Waals surface area contributed by atoms with Crippen LogP contribution in [0.2, 0.25) is 0 Å². The summed E-state index contributed by atoms with van der Waals surface area (Å²) in [7, 11) is -5.79. The standard InChI is InChI=1S/C20H26N2O4S2/c1-17-7-6-14-22(15-17)28(25,26)20-12-10-19(11-13-20)27(23,24)21(2)16-18-8-4-3-5-9-18/h3-5,8-13,17H,6-7,14-16H2,1-2H3/t17-/m1/s1. The van der Waals surface area contributed by atoms with Crippen LogP contribution in [0.15, 0.2) is 64.4 Å². The van der Waals surface area contributed by atoms with E-state index in [2.05, 4.69) is 0 Å². The lowest BCUT2D eigenvalue weighted by molar-refractivity contribution is 0.281. The van der Waals surface area contributed by atoms with Crippen LogP contribution in [-0.2, 0) is 26.6 Å². The maximum atomic E-state index is 12.8. The minimum atomic E-state index is -3.71. The molecule has 0 amide bonds. The molecular weight excluding hydrogens is 396 g/mol. The first-order chi connectivity index (χ1) is 13.2. The molecular formula is C20H26N2O4S2. The molecule has 0 N–H and O–H groups in total. The van der Waals surface area contributed by atoms with Crippen molar-refractivity contribution in [1.82, 2.24) is 8.61 Å². The molecule has 1 heterocycles. The number of rotatable bonds is 6. The van der Waals surface area contributed by atoms with Crippen LogP contribution in [-0.4, -0.2) is 45.6 Å². The van der Waals surface area contributed by atoms with E-state index in [1.807, 2.05) is 37.3 Å². The Morgan fingerprint density at radius 2 is 1.57 bits per heavy atom. The molecule has 28 heavy (non-hydrogen) atoms. The van der Waals surface area contributed by atoms with E-state index in [1.54, 1.807) is 0 Å². The first-order valence-corrected chi connectivity index (χ1v) is 12.2. The lowest BCUT2D eigenvalue weighted by atomic mass is 10.0. The fourth-order valence-corrected chi connectivity index (χ4v) is 6.16. The summed E-state index contributed by atoms with van der Waals surface area (Å²) in [6, 6.07) is 14.8. The van der Waals surface area contributed by atoms with Gasteiger partial charge in [-0.3, -0.25) is 0 Å². The first-order valence-electron chi connectivity index (χ1n) is 9.32. The van der Waals surface area contributed by atoms with Gasteiger partial charge >= 0.3 is 0 Å². The maximum Gasteiger partial charge on any atom is 0.243 e. The molecule has 0 aromatic heterocycles. The van der Waals surface area contributed by atoms with E-state index in [4.69, 9.17) is 0 Å². The highest BCUT2D eigenvalue weighted by atomic mass is 32.2. The average Bonchev–Trinajstić information content (AvgIpc) is 2.69. The summed E-state index contributed by atoms with van der Waals surface area (Å²) in [6.45, 7) is 3.30. The Bertz CT molecular complexity index is 1000. The van der Waals surface area contributed by atoms with Crippen LogP contribution in [0.1, 0.15) is 25.3 Å². The number of piperidine rings is 1. The van der Waals surface area contributed by atoms with Gasteiger partial charge in [0.15, 0.2) is 0 Å². The van der Waals surface area contributed by atoms with Crippen molar-refractivity contribution in [3.05, 3.63) is 60.2 Å². The molecule has 8 heteroatoms. The van der Waals surface area contributed by atoms with E-state index < -0.39 is 20.0 Å². The second kappa shape index (κ2) is 8.32. The van der Waals surface area contributed by atoms with Gasteiger partial charge in [0, 0.05) is 26.7 Å². The molecule has 0 radical (unpaired) electrons. The van der Waals surface area contributed by atoms with Crippen LogP contribution >= 0.6 is 0 Å². The van der Waals surface area contributed by atoms with Gasteiger partial charge in [0.25, 0.3) is 0 Å². The molecule has 0 bridgehead atoms. The van der Waals surface area contributed by atoms with Gasteiger partial charge in [0.1, 0.15) is 0 Å². The Labute approximate surface area is 167 Å². The molecule has 1 atom stereocenters. The fraction of sp³-hybridized carbons (Fsp3) is 0.400. The Hall–Kier alpha value is -1.74. The number of sulfonamides is 2. The quantitative estimate of drug-likeness (QED) is 0.717. The molecule has 1 saturated heterocycles. The van der Waals surface area contributed by atoms with Crippen LogP contribution in [0.3, 0.4) is 0 Å². The zero-order valence-electron chi connectivity index (χ0n) is 16.2. The smallest absolute Gasteiger partial charge is 0.207 e. The summed E-state index contributed by atoms with van der Waals surface area (Å²) in [5.41, 5.74) is 0.881. The summed E-state index contributed by atoms with van der Waals surface area (Å²) in [5, 5.41) is 0. The van der Waals surface area contributed by atoms with Gasteiger partial charge in [-0.05, 0) is 48.6 Å². The highest BCUT2D eigenvalue weighted by Crippen LogP contribution is 2.25. The van der Waals surface area contributed by atoms with Gasteiger partial charge < -0.3 is 0 Å². The molecule has 1 aliphatic heterocycles. The molecule has 152 valence electrons. The topological polar surface area (TPSA) is 74.8 Å². The highest BCUT2D eigenvalue weighted by molar-refractivity contribution is 7.89. The second-order valence-electron chi connectivity index (χ2n) is 7.33. The molecule has 0 unspecified atom stereocenters. The monoisotopic (exact) mass is 422 g/mol. The lowest BCUT2D eigenvalue weighted by Gasteiger charge is -2.30. The van der Waals surface area contributed by atoms with Gasteiger partial charge in [-0.15, -0.1) is 0 Å². The number of hydrogen-bond donors (Lipinski definition) is 0. The molecule has 2 aromatic rings. The molecule has 3 rings (SSSR count). The van der Waals surface area contributed by atoms with Crippen LogP contribution in [0, 0.1) is 5.92 Å². The van der Waals surface area contributed by atoms with E-state index in [0.717, 1.165) is 18.4 Å². The Morgan fingerprint density at radius 1 is 0.964 bits per heavy atom. The van der Waals surface area contributed by atoms with Crippen molar-refractivity contribution in [1.29, 1.82) is 0 Å². The molecule has 1 fully saturated rings. The Morgan fingerprint density at radius 3 is 2.18 bits per heavy atom. The predicted octanol–water partition coefficient (Wildman–Crippen LogP) is 2.93. The van der Waals surface area contributed by atoms with Gasteiger partial charge in [0.05, 0.1) is 9.79 Å². The van der Waals surface area contributed by atoms with E-state index in [1.165, 1.54) is 39.9 Å². The van der Waals surface area contributed by atoms with Gasteiger partial charge in [0.2, 0.25) is 20.0 Å². The number of hydrogen-bond acceptors (Lipinski definition) is 4. The third-order valence-corrected chi connectivity index (χ3v) is 8.73. The molecule has 0 aliphatic carbocycles. The van der Waals surface area contributed by atoms with Crippen LogP contribution < -0.4 is 0 Å². The SMILES string of the molecule is C[C@@H]1CCCN(S(=O)(=O)c2ccc(S(=O)(=O)N(C)Cc3ccccc3)cc2)C1. The average molecular weight is 423 g/mol. The Balaban J connectivity index is 1.79. The van der Waals surface area contributed by atoms with Crippen molar-refractivity contribution in [2.75, 3.05) is 20.1 Å². The molecule has 0 spiro atoms. The fourth-order valence-electron chi connectivity index (χ4n) is 3.40. The third-order valence-electron chi connectivity index (χ3n) is 5.04. The summed E-state index contributed by atoms with van der Waals surface area (Å²) >= 11 is 0. The summed E-state index contributed by atoms with van der Waals surface area (Å²) < 4.78 is 54.0. The van der Waals surface area contributed by atoms with E-state index >= 15 is 0 Å². The van der Waals surface area contributed by atoms with Crippen LogP contribution in [0.4, 0.5) is 0 Å². The molecule has 2 aromatic carbocycles. The van der Waals surface area contributed by atoms with Crippen molar-refractivity contribution < 1.29 is 16.8 Å². The maximum absolute atomic E-state index is 12.8. The molecule has 0 saturated carbocycles. The zero-order chi connectivity index (χ0) is 20.4. The van der Waals surface area contributed by atoms with E-state index in [9.17, 15) is 16.8 Å². The first kappa shape index (κ1) is 21.0. The van der Waals surface area contributed by atoms with Crippen molar-refractivity contribution in [3.63, 3.8) is 0 Å². The highest BCUT2D eigenvalue weighted by Gasteiger charge is 2.29. The predicted molar refractivity (Wildman–Crippen MR) is 109 cm³/mol. The van der Waals surface area contributed by atoms with Crippen molar-refractivity contribution in [2.24, 2.45) is 5.92 Å². The molecule has 6 nitrogen and oxygen atoms in total. The minimum absolute atomic E-state index is 0.0805.